The highest BCUT2D eigenvalue weighted by molar-refractivity contribution is 6.25. The third-order valence-corrected chi connectivity index (χ3v) is 6.40. The van der Waals surface area contributed by atoms with E-state index in [1.165, 1.54) is 0 Å². The topological polar surface area (TPSA) is 81.1 Å². The van der Waals surface area contributed by atoms with Crippen LogP contribution in [0, 0.1) is 0 Å². The quantitative estimate of drug-likeness (QED) is 0.500. The van der Waals surface area contributed by atoms with Gasteiger partial charge < -0.3 is 9.88 Å². The summed E-state index contributed by atoms with van der Waals surface area (Å²) in [6.45, 7) is 5.10. The predicted molar refractivity (Wildman–Crippen MR) is 132 cm³/mol. The molecule has 0 radical (unpaired) electrons. The van der Waals surface area contributed by atoms with Crippen LogP contribution in [0.2, 0.25) is 0 Å². The van der Waals surface area contributed by atoms with E-state index in [2.05, 4.69) is 10.3 Å². The molecule has 1 heterocycles. The average molecular weight is 454 g/mol. The molecule has 2 aromatic carbocycles. The largest absolute Gasteiger partial charge is 0.326 e. The normalized spacial score (nSPS) is 15.0. The van der Waals surface area contributed by atoms with Gasteiger partial charge in [0.15, 0.2) is 11.6 Å². The first-order chi connectivity index (χ1) is 16.4. The van der Waals surface area contributed by atoms with E-state index >= 15 is 0 Å². The molecule has 0 saturated carbocycles. The first kappa shape index (κ1) is 23.1. The molecule has 4 rings (SSSR count). The maximum atomic E-state index is 13.2. The Kier molecular flexibility index (Phi) is 6.68. The maximum Gasteiger partial charge on any atom is 0.224 e. The molecule has 34 heavy (non-hydrogen) atoms. The summed E-state index contributed by atoms with van der Waals surface area (Å²) in [5, 5.41) is 2.93. The van der Waals surface area contributed by atoms with Gasteiger partial charge in [0.05, 0.1) is 6.33 Å². The second-order valence-corrected chi connectivity index (χ2v) is 8.51. The van der Waals surface area contributed by atoms with Crippen LogP contribution in [0.5, 0.6) is 0 Å². The number of nitrogens with zero attached hydrogens (tertiary/aromatic N) is 2. The Bertz CT molecular complexity index is 1280. The number of ketones is 2. The number of hydrogen-bond donors (Lipinski definition) is 1. The molecule has 0 spiro atoms. The SMILES string of the molecule is CC1=C(C)C(=O)C(C(CCC(=O)Nc2ccc(-n3ccnc3)cc2)c2ccccc2)=C(C)C1=O. The van der Waals surface area contributed by atoms with E-state index < -0.39 is 0 Å². The van der Waals surface area contributed by atoms with Crippen molar-refractivity contribution in [3.63, 3.8) is 0 Å². The van der Waals surface area contributed by atoms with Crippen molar-refractivity contribution in [2.75, 3.05) is 5.32 Å². The number of allylic oxidation sites excluding steroid dienone is 4. The molecule has 1 aromatic heterocycles. The van der Waals surface area contributed by atoms with Crippen LogP contribution in [-0.2, 0) is 14.4 Å². The van der Waals surface area contributed by atoms with Crippen LogP contribution in [0.4, 0.5) is 5.69 Å². The molecule has 3 aromatic rings. The molecule has 6 heteroatoms. The van der Waals surface area contributed by atoms with Crippen LogP contribution in [-0.4, -0.2) is 27.0 Å². The Morgan fingerprint density at radius 1 is 0.912 bits per heavy atom. The van der Waals surface area contributed by atoms with Crippen LogP contribution in [0.1, 0.15) is 45.1 Å². The highest BCUT2D eigenvalue weighted by Crippen LogP contribution is 2.37. The van der Waals surface area contributed by atoms with Crippen molar-refractivity contribution in [1.82, 2.24) is 9.55 Å². The highest BCUT2D eigenvalue weighted by Gasteiger charge is 2.33. The number of anilines is 1. The summed E-state index contributed by atoms with van der Waals surface area (Å²) in [6, 6.07) is 17.1. The third kappa shape index (κ3) is 4.66. The summed E-state index contributed by atoms with van der Waals surface area (Å²) < 4.78 is 1.88. The van der Waals surface area contributed by atoms with E-state index in [9.17, 15) is 14.4 Å². The molecule has 1 unspecified atom stereocenters. The Hall–Kier alpha value is -4.06. The van der Waals surface area contributed by atoms with Gasteiger partial charge in [0.1, 0.15) is 0 Å². The van der Waals surface area contributed by atoms with Gasteiger partial charge in [-0.2, -0.15) is 0 Å². The van der Waals surface area contributed by atoms with Crippen molar-refractivity contribution in [2.24, 2.45) is 0 Å². The van der Waals surface area contributed by atoms with Crippen LogP contribution in [0.25, 0.3) is 5.69 Å². The van der Waals surface area contributed by atoms with Crippen LogP contribution < -0.4 is 5.32 Å². The lowest BCUT2D eigenvalue weighted by atomic mass is 9.76. The lowest BCUT2D eigenvalue weighted by molar-refractivity contribution is -0.117. The molecule has 0 saturated heterocycles. The molecule has 1 N–H and O–H groups in total. The number of benzene rings is 2. The number of imidazole rings is 1. The molecular weight excluding hydrogens is 426 g/mol. The van der Waals surface area contributed by atoms with Crippen molar-refractivity contribution in [1.29, 1.82) is 0 Å². The smallest absolute Gasteiger partial charge is 0.224 e. The Morgan fingerprint density at radius 3 is 2.24 bits per heavy atom. The number of nitrogens with one attached hydrogen (secondary N) is 1. The molecule has 1 aliphatic rings. The lowest BCUT2D eigenvalue weighted by Gasteiger charge is -2.26. The number of hydrogen-bond acceptors (Lipinski definition) is 4. The molecule has 1 aliphatic carbocycles. The number of carbonyl (C=O) groups excluding carboxylic acids is 3. The second-order valence-electron chi connectivity index (χ2n) is 8.51. The van der Waals surface area contributed by atoms with Crippen LogP contribution in [0.15, 0.2) is 95.6 Å². The zero-order chi connectivity index (χ0) is 24.2. The van der Waals surface area contributed by atoms with Crippen molar-refractivity contribution in [2.45, 2.75) is 39.5 Å². The van der Waals surface area contributed by atoms with Crippen molar-refractivity contribution >= 4 is 23.2 Å². The molecule has 0 aliphatic heterocycles. The standard InChI is InChI=1S/C28H27N3O3/c1-18-19(2)28(34)26(20(3)27(18)33)24(21-7-5-4-6-8-21)13-14-25(32)30-22-9-11-23(12-10-22)31-16-15-29-17-31/h4-12,15-17,24H,13-14H2,1-3H3,(H,30,32). The van der Waals surface area contributed by atoms with Gasteiger partial charge in [-0.3, -0.25) is 14.4 Å². The van der Waals surface area contributed by atoms with E-state index in [1.807, 2.05) is 65.4 Å². The van der Waals surface area contributed by atoms with E-state index in [-0.39, 0.29) is 29.8 Å². The first-order valence-corrected chi connectivity index (χ1v) is 11.3. The molecule has 6 nitrogen and oxygen atoms in total. The van der Waals surface area contributed by atoms with Gasteiger partial charge in [-0.15, -0.1) is 0 Å². The van der Waals surface area contributed by atoms with Crippen LogP contribution >= 0.6 is 0 Å². The summed E-state index contributed by atoms with van der Waals surface area (Å²) >= 11 is 0. The zero-order valence-corrected chi connectivity index (χ0v) is 19.5. The first-order valence-electron chi connectivity index (χ1n) is 11.3. The minimum absolute atomic E-state index is 0.101. The maximum absolute atomic E-state index is 13.2. The Balaban J connectivity index is 1.51. The summed E-state index contributed by atoms with van der Waals surface area (Å²) in [4.78, 5) is 42.8. The minimum Gasteiger partial charge on any atom is -0.326 e. The van der Waals surface area contributed by atoms with Gasteiger partial charge in [-0.25, -0.2) is 4.98 Å². The third-order valence-electron chi connectivity index (χ3n) is 6.40. The predicted octanol–water partition coefficient (Wildman–Crippen LogP) is 5.18. The molecule has 1 amide bonds. The highest BCUT2D eigenvalue weighted by atomic mass is 16.2. The number of carbonyl (C=O) groups is 3. The fraction of sp³-hybridized carbons (Fsp3) is 0.214. The fourth-order valence-corrected chi connectivity index (χ4v) is 4.33. The summed E-state index contributed by atoms with van der Waals surface area (Å²) in [5.74, 6) is -0.697. The number of amides is 1. The van der Waals surface area contributed by atoms with Gasteiger partial charge >= 0.3 is 0 Å². The van der Waals surface area contributed by atoms with E-state index in [0.29, 0.717) is 34.4 Å². The van der Waals surface area contributed by atoms with E-state index in [0.717, 1.165) is 11.3 Å². The van der Waals surface area contributed by atoms with Gasteiger partial charge in [-0.1, -0.05) is 30.3 Å². The molecule has 0 fully saturated rings. The lowest BCUT2D eigenvalue weighted by Crippen LogP contribution is -2.25. The van der Waals surface area contributed by atoms with Crippen LogP contribution in [0.3, 0.4) is 0 Å². The van der Waals surface area contributed by atoms with Gasteiger partial charge in [0, 0.05) is 58.4 Å². The average Bonchev–Trinajstić information content (AvgIpc) is 3.39. The van der Waals surface area contributed by atoms with Gasteiger partial charge in [0.25, 0.3) is 0 Å². The molecule has 1 atom stereocenters. The monoisotopic (exact) mass is 453 g/mol. The van der Waals surface area contributed by atoms with Crippen molar-refractivity contribution < 1.29 is 14.4 Å². The molecular formula is C28H27N3O3. The Morgan fingerprint density at radius 2 is 1.59 bits per heavy atom. The number of rotatable bonds is 7. The number of aromatic nitrogens is 2. The van der Waals surface area contributed by atoms with E-state index in [1.54, 1.807) is 33.3 Å². The van der Waals surface area contributed by atoms with Gasteiger partial charge in [0.2, 0.25) is 5.91 Å². The number of Topliss-reactive ketones (excluding diaryl/α,β-unsaturated/α-hetero) is 2. The summed E-state index contributed by atoms with van der Waals surface area (Å²) in [7, 11) is 0. The second kappa shape index (κ2) is 9.83. The summed E-state index contributed by atoms with van der Waals surface area (Å²) in [6.07, 6.45) is 5.90. The van der Waals surface area contributed by atoms with Crippen molar-refractivity contribution in [3.8, 4) is 5.69 Å². The fourth-order valence-electron chi connectivity index (χ4n) is 4.33. The van der Waals surface area contributed by atoms with E-state index in [4.69, 9.17) is 0 Å². The van der Waals surface area contributed by atoms with Crippen molar-refractivity contribution in [3.05, 3.63) is 101 Å². The molecule has 172 valence electrons. The Labute approximate surface area is 199 Å². The summed E-state index contributed by atoms with van der Waals surface area (Å²) in [5.41, 5.74) is 4.50. The van der Waals surface area contributed by atoms with Gasteiger partial charge in [-0.05, 0) is 57.0 Å². The minimum atomic E-state index is -0.338. The molecule has 0 bridgehead atoms. The zero-order valence-electron chi connectivity index (χ0n) is 19.5.